The summed E-state index contributed by atoms with van der Waals surface area (Å²) in [7, 11) is -1.58. The van der Waals surface area contributed by atoms with Crippen LogP contribution in [0.25, 0.3) is 0 Å². The molecule has 1 amide bonds. The van der Waals surface area contributed by atoms with Crippen molar-refractivity contribution in [3.8, 4) is 0 Å². The first-order valence-electron chi connectivity index (χ1n) is 8.98. The number of sulfone groups is 1. The lowest BCUT2D eigenvalue weighted by Crippen LogP contribution is -2.41. The summed E-state index contributed by atoms with van der Waals surface area (Å²) in [4.78, 5) is 16.5. The highest BCUT2D eigenvalue weighted by Crippen LogP contribution is 2.16. The normalized spacial score (nSPS) is 11.8. The monoisotopic (exact) mass is 436 g/mol. The third-order valence-corrected chi connectivity index (χ3v) is 5.64. The van der Waals surface area contributed by atoms with Gasteiger partial charge in [0.2, 0.25) is 0 Å². The van der Waals surface area contributed by atoms with E-state index in [9.17, 15) is 13.2 Å². The number of carbonyl (C=O) groups is 1. The second kappa shape index (κ2) is 10.3. The van der Waals surface area contributed by atoms with Crippen LogP contribution in [0.3, 0.4) is 0 Å². The van der Waals surface area contributed by atoms with Crippen molar-refractivity contribution in [2.45, 2.75) is 18.4 Å². The van der Waals surface area contributed by atoms with Gasteiger partial charge >= 0.3 is 0 Å². The number of carbonyl (C=O) groups excluding carboxylic acids is 1. The number of amides is 1. The fourth-order valence-corrected chi connectivity index (χ4v) is 3.79. The molecule has 2 rings (SSSR count). The fourth-order valence-electron chi connectivity index (χ4n) is 2.70. The number of hydrogen-bond acceptors (Lipinski definition) is 4. The Morgan fingerprint density at radius 3 is 2.28 bits per heavy atom. The molecule has 2 aromatic rings. The molecule has 0 atom stereocenters. The minimum Gasteiger partial charge on any atom is -0.355 e. The lowest BCUT2D eigenvalue weighted by atomic mass is 10.1. The van der Waals surface area contributed by atoms with Crippen molar-refractivity contribution in [2.75, 3.05) is 26.4 Å². The van der Waals surface area contributed by atoms with Gasteiger partial charge in [0, 0.05) is 43.5 Å². The molecule has 0 aliphatic carbocycles. The highest BCUT2D eigenvalue weighted by Gasteiger charge is 2.11. The van der Waals surface area contributed by atoms with Crippen molar-refractivity contribution >= 4 is 33.3 Å². The van der Waals surface area contributed by atoms with E-state index in [2.05, 4.69) is 20.9 Å². The number of rotatable bonds is 7. The molecule has 0 bridgehead atoms. The van der Waals surface area contributed by atoms with E-state index in [-0.39, 0.29) is 5.91 Å². The van der Waals surface area contributed by atoms with E-state index in [0.717, 1.165) is 5.56 Å². The maximum Gasteiger partial charge on any atom is 0.251 e. The molecule has 0 heterocycles. The molecular formula is C20H25ClN4O3S. The number of benzene rings is 2. The van der Waals surface area contributed by atoms with Gasteiger partial charge in [-0.2, -0.15) is 0 Å². The van der Waals surface area contributed by atoms with Gasteiger partial charge in [0.25, 0.3) is 5.91 Å². The fraction of sp³-hybridized carbons (Fsp3) is 0.300. The zero-order valence-electron chi connectivity index (χ0n) is 16.6. The van der Waals surface area contributed by atoms with Crippen LogP contribution in [-0.4, -0.2) is 46.7 Å². The Labute approximate surface area is 176 Å². The van der Waals surface area contributed by atoms with Gasteiger partial charge in [-0.1, -0.05) is 23.7 Å². The van der Waals surface area contributed by atoms with Crippen molar-refractivity contribution < 1.29 is 13.2 Å². The van der Waals surface area contributed by atoms with Crippen LogP contribution >= 0.6 is 11.6 Å². The van der Waals surface area contributed by atoms with Crippen molar-refractivity contribution in [1.82, 2.24) is 16.0 Å². The van der Waals surface area contributed by atoms with E-state index in [0.29, 0.717) is 46.6 Å². The van der Waals surface area contributed by atoms with E-state index in [1.165, 1.54) is 6.26 Å². The molecular weight excluding hydrogens is 412 g/mol. The van der Waals surface area contributed by atoms with Crippen LogP contribution in [-0.2, 0) is 16.4 Å². The summed E-state index contributed by atoms with van der Waals surface area (Å²) in [5, 5.41) is 9.67. The lowest BCUT2D eigenvalue weighted by Gasteiger charge is -2.13. The van der Waals surface area contributed by atoms with E-state index in [1.54, 1.807) is 50.4 Å². The molecule has 0 fully saturated rings. The topological polar surface area (TPSA) is 99.7 Å². The molecule has 0 saturated carbocycles. The van der Waals surface area contributed by atoms with E-state index < -0.39 is 9.84 Å². The van der Waals surface area contributed by atoms with Crippen molar-refractivity contribution in [3.05, 3.63) is 64.2 Å². The smallest absolute Gasteiger partial charge is 0.251 e. The number of nitrogens with one attached hydrogen (secondary N) is 3. The molecule has 3 N–H and O–H groups in total. The zero-order valence-corrected chi connectivity index (χ0v) is 18.2. The first kappa shape index (κ1) is 22.7. The van der Waals surface area contributed by atoms with Gasteiger partial charge in [0.05, 0.1) is 4.90 Å². The first-order chi connectivity index (χ1) is 13.7. The average Bonchev–Trinajstić information content (AvgIpc) is 2.66. The Balaban J connectivity index is 1.79. The van der Waals surface area contributed by atoms with Crippen LogP contribution in [0.15, 0.2) is 52.4 Å². The predicted octanol–water partition coefficient (Wildman–Crippen LogP) is 2.15. The summed E-state index contributed by atoms with van der Waals surface area (Å²) in [6, 6.07) is 11.9. The third kappa shape index (κ3) is 7.07. The molecule has 0 unspecified atom stereocenters. The van der Waals surface area contributed by atoms with Crippen LogP contribution in [0.1, 0.15) is 21.5 Å². The lowest BCUT2D eigenvalue weighted by molar-refractivity contribution is 0.0954. The Bertz CT molecular complexity index is 989. The molecule has 0 spiro atoms. The highest BCUT2D eigenvalue weighted by molar-refractivity contribution is 7.90. The largest absolute Gasteiger partial charge is 0.355 e. The predicted molar refractivity (Wildman–Crippen MR) is 116 cm³/mol. The maximum absolute atomic E-state index is 12.0. The molecule has 0 aliphatic heterocycles. The first-order valence-corrected chi connectivity index (χ1v) is 11.3. The van der Waals surface area contributed by atoms with Gasteiger partial charge in [-0.15, -0.1) is 0 Å². The van der Waals surface area contributed by atoms with Gasteiger partial charge in [0.1, 0.15) is 0 Å². The Hall–Kier alpha value is -2.58. The number of guanidine groups is 1. The van der Waals surface area contributed by atoms with Gasteiger partial charge in [0.15, 0.2) is 15.8 Å². The average molecular weight is 437 g/mol. The van der Waals surface area contributed by atoms with E-state index in [1.807, 2.05) is 6.07 Å². The molecule has 2 aromatic carbocycles. The van der Waals surface area contributed by atoms with Crippen LogP contribution in [0, 0.1) is 6.92 Å². The second-order valence-electron chi connectivity index (χ2n) is 6.49. The Morgan fingerprint density at radius 2 is 1.69 bits per heavy atom. The summed E-state index contributed by atoms with van der Waals surface area (Å²) in [6.07, 6.45) is 1.20. The van der Waals surface area contributed by atoms with E-state index in [4.69, 9.17) is 11.6 Å². The number of halogens is 1. The summed E-state index contributed by atoms with van der Waals surface area (Å²) in [5.74, 6) is 0.406. The van der Waals surface area contributed by atoms with Gasteiger partial charge in [-0.25, -0.2) is 8.42 Å². The van der Waals surface area contributed by atoms with Gasteiger partial charge in [-0.3, -0.25) is 9.79 Å². The Morgan fingerprint density at radius 1 is 1.03 bits per heavy atom. The minimum absolute atomic E-state index is 0.173. The van der Waals surface area contributed by atoms with Gasteiger partial charge < -0.3 is 16.0 Å². The quantitative estimate of drug-likeness (QED) is 0.351. The second-order valence-corrected chi connectivity index (χ2v) is 8.91. The standard InChI is InChI=1S/C20H25ClN4O3S/c1-14-12-15(4-9-18(14)29(3,27)28)13-25-20(22-2)24-11-10-23-19(26)16-5-7-17(21)8-6-16/h4-9,12H,10-11,13H2,1-3H3,(H,23,26)(H2,22,24,25). The summed E-state index contributed by atoms with van der Waals surface area (Å²) in [5.41, 5.74) is 2.19. The molecule has 0 aliphatic rings. The van der Waals surface area contributed by atoms with Gasteiger partial charge in [-0.05, 0) is 48.4 Å². The van der Waals surface area contributed by atoms with Crippen LogP contribution in [0.2, 0.25) is 5.02 Å². The van der Waals surface area contributed by atoms with Crippen molar-refractivity contribution in [2.24, 2.45) is 4.99 Å². The molecule has 0 aromatic heterocycles. The zero-order chi connectivity index (χ0) is 21.4. The Kier molecular flexibility index (Phi) is 8.04. The number of hydrogen-bond donors (Lipinski definition) is 3. The van der Waals surface area contributed by atoms with Crippen LogP contribution < -0.4 is 16.0 Å². The van der Waals surface area contributed by atoms with Crippen LogP contribution in [0.5, 0.6) is 0 Å². The van der Waals surface area contributed by atoms with Crippen molar-refractivity contribution in [3.63, 3.8) is 0 Å². The minimum atomic E-state index is -3.23. The van der Waals surface area contributed by atoms with Crippen molar-refractivity contribution in [1.29, 1.82) is 0 Å². The van der Waals surface area contributed by atoms with Crippen LogP contribution in [0.4, 0.5) is 0 Å². The molecule has 29 heavy (non-hydrogen) atoms. The molecule has 7 nitrogen and oxygen atoms in total. The number of nitrogens with zero attached hydrogens (tertiary/aromatic N) is 1. The maximum atomic E-state index is 12.0. The molecule has 9 heteroatoms. The molecule has 156 valence electrons. The summed E-state index contributed by atoms with van der Waals surface area (Å²) < 4.78 is 23.4. The number of aliphatic imine (C=N–C) groups is 1. The summed E-state index contributed by atoms with van der Waals surface area (Å²) >= 11 is 5.82. The SMILES string of the molecule is CN=C(NCCNC(=O)c1ccc(Cl)cc1)NCc1ccc(S(C)(=O)=O)c(C)c1. The van der Waals surface area contributed by atoms with E-state index >= 15 is 0 Å². The summed E-state index contributed by atoms with van der Waals surface area (Å²) in [6.45, 7) is 3.17. The molecule has 0 radical (unpaired) electrons. The highest BCUT2D eigenvalue weighted by atomic mass is 35.5. The third-order valence-electron chi connectivity index (χ3n) is 4.13. The number of aryl methyl sites for hydroxylation is 1. The molecule has 0 saturated heterocycles.